The molecular formula is C100H70Br4N12. The number of benzene rings is 15. The standard InChI is InChI=1S/C34H25BrN4.C33H22Br2N4.C33H23BrN4/c1-19-33(26-8-4-5-9-31(26)38-19)32-16-29-28-15-22(36-17-20-18-37-30-13-10-21(35)14-27(20)30)11-12-24(28)23-6-2-3-7-25(23)34(29)39-32;34-19-5-9-30-25(11-19)18(16-37-30)15-36-21-7-8-23-22-3-1-2-4-24(22)33-28(26(23)13-21)14-32(39-33)29-17-38-31-10-6-20(35)12-27(29)31;34-20-9-12-31-26(13-20)19(17-36-31)16-35-21-10-11-23-22-5-1-2-7-25(22)33-28(27(23)14-21)15-32(38-33)29-18-37-30-8-4-3-6-24(29)30/h2-15,18,36-38H,16-17H2,1H3;1-13,16-17,36-38H,14-15H2;1-14,17-18,35-37H,15-16H2. The van der Waals surface area contributed by atoms with Crippen LogP contribution >= 0.6 is 63.7 Å². The third-order valence-corrected chi connectivity index (χ3v) is 25.7. The lowest BCUT2D eigenvalue weighted by molar-refractivity contribution is 1.16. The van der Waals surface area contributed by atoms with Gasteiger partial charge >= 0.3 is 0 Å². The fourth-order valence-corrected chi connectivity index (χ4v) is 19.7. The molecule has 3 aliphatic heterocycles. The van der Waals surface area contributed by atoms with Crippen LogP contribution in [-0.4, -0.2) is 47.0 Å². The van der Waals surface area contributed by atoms with Crippen LogP contribution < -0.4 is 16.0 Å². The summed E-state index contributed by atoms with van der Waals surface area (Å²) in [6, 6.07) is 88.7. The highest BCUT2D eigenvalue weighted by atomic mass is 79.9. The normalized spacial score (nSPS) is 13.0. The summed E-state index contributed by atoms with van der Waals surface area (Å²) in [5, 5.41) is 33.4. The van der Waals surface area contributed by atoms with Crippen LogP contribution in [-0.2, 0) is 38.9 Å². The van der Waals surface area contributed by atoms with E-state index in [1.165, 1.54) is 153 Å². The van der Waals surface area contributed by atoms with E-state index in [-0.39, 0.29) is 0 Å². The number of hydrogen-bond donors (Lipinski definition) is 9. The van der Waals surface area contributed by atoms with E-state index in [0.29, 0.717) is 0 Å². The van der Waals surface area contributed by atoms with E-state index in [2.05, 4.69) is 396 Å². The Morgan fingerprint density at radius 2 is 0.586 bits per heavy atom. The molecule has 0 unspecified atom stereocenters. The lowest BCUT2D eigenvalue weighted by Crippen LogP contribution is -2.02. The summed E-state index contributed by atoms with van der Waals surface area (Å²) in [7, 11) is 0. The average Bonchev–Trinajstić information content (AvgIpc) is 1.55. The Labute approximate surface area is 699 Å². The fourth-order valence-electron chi connectivity index (χ4n) is 18.2. The molecule has 0 bridgehead atoms. The summed E-state index contributed by atoms with van der Waals surface area (Å²) in [5.74, 6) is 0. The molecule has 9 heterocycles. The summed E-state index contributed by atoms with van der Waals surface area (Å²) < 4.78 is 4.33. The number of fused-ring (bicyclic) bond motifs is 24. The number of halogens is 4. The fraction of sp³-hybridized carbons (Fsp3) is 0.0700. The molecule has 15 aromatic carbocycles. The van der Waals surface area contributed by atoms with Gasteiger partial charge in [0.1, 0.15) is 0 Å². The quantitative estimate of drug-likeness (QED) is 0.0557. The Balaban J connectivity index is 0.000000106. The zero-order valence-electron chi connectivity index (χ0n) is 62.7. The SMILES string of the molecule is Brc1ccc2[nH]cc(CNc3ccc4c(c3)c3c(c5ccccc54)N=C(c4c[nH]c5ccc(Br)cc45)C3)c2c1.Brc1ccc2[nH]cc(CNc3ccc4c(c3)c3c(c5ccccc54)N=C(c4c[nH]c5ccccc45)C3)c2c1.Cc1[nH]c2ccccc2c1C1=Nc2c(c3cc(NCc4c[nH]c5ccc(Br)cc45)ccc3c3ccccc23)C1. The molecule has 0 spiro atoms. The van der Waals surface area contributed by atoms with Gasteiger partial charge in [-0.05, 0) is 210 Å². The molecule has 0 radical (unpaired) electrons. The maximum atomic E-state index is 5.31. The topological polar surface area (TPSA) is 168 Å². The van der Waals surface area contributed by atoms with Crippen molar-refractivity contribution in [1.82, 2.24) is 29.9 Å². The highest BCUT2D eigenvalue weighted by molar-refractivity contribution is 9.11. The molecule has 6 aromatic heterocycles. The monoisotopic (exact) mass is 1750 g/mol. The minimum absolute atomic E-state index is 0.740. The van der Waals surface area contributed by atoms with Gasteiger partial charge in [0.2, 0.25) is 0 Å². The Morgan fingerprint density at radius 3 is 1.01 bits per heavy atom. The van der Waals surface area contributed by atoms with E-state index in [0.717, 1.165) is 141 Å². The molecule has 12 nitrogen and oxygen atoms in total. The summed E-state index contributed by atoms with van der Waals surface area (Å²) in [6.45, 7) is 4.38. The van der Waals surface area contributed by atoms with Crippen molar-refractivity contribution in [1.29, 1.82) is 0 Å². The smallest absolute Gasteiger partial charge is 0.0754 e. The molecule has 0 aliphatic carbocycles. The Morgan fingerprint density at radius 1 is 0.276 bits per heavy atom. The maximum absolute atomic E-state index is 5.31. The van der Waals surface area contributed by atoms with Crippen molar-refractivity contribution in [2.45, 2.75) is 45.8 Å². The maximum Gasteiger partial charge on any atom is 0.0754 e. The van der Waals surface area contributed by atoms with Crippen LogP contribution in [0.5, 0.6) is 0 Å². The minimum atomic E-state index is 0.740. The molecule has 0 atom stereocenters. The van der Waals surface area contributed by atoms with E-state index >= 15 is 0 Å². The second-order valence-electron chi connectivity index (χ2n) is 30.5. The lowest BCUT2D eigenvalue weighted by atomic mass is 9.92. The lowest BCUT2D eigenvalue weighted by Gasteiger charge is -2.13. The second kappa shape index (κ2) is 28.5. The van der Waals surface area contributed by atoms with Gasteiger partial charge in [-0.3, -0.25) is 15.0 Å². The predicted octanol–water partition coefficient (Wildman–Crippen LogP) is 28.1. The number of H-pyrrole nitrogens is 6. The van der Waals surface area contributed by atoms with Crippen LogP contribution in [0.15, 0.2) is 313 Å². The highest BCUT2D eigenvalue weighted by Crippen LogP contribution is 2.49. The molecule has 3 aliphatic rings. The van der Waals surface area contributed by atoms with Crippen molar-refractivity contribution in [2.75, 3.05) is 16.0 Å². The molecule has 116 heavy (non-hydrogen) atoms. The number of aromatic amines is 6. The number of rotatable bonds is 12. The molecule has 16 heteroatoms. The van der Waals surface area contributed by atoms with Crippen LogP contribution in [0.3, 0.4) is 0 Å². The van der Waals surface area contributed by atoms with Crippen LogP contribution in [0.4, 0.5) is 34.1 Å². The largest absolute Gasteiger partial charge is 0.381 e. The van der Waals surface area contributed by atoms with E-state index in [1.807, 2.05) is 0 Å². The first-order chi connectivity index (χ1) is 57.0. The highest BCUT2D eigenvalue weighted by Gasteiger charge is 2.29. The number of aryl methyl sites for hydroxylation is 1. The Kier molecular flexibility index (Phi) is 17.2. The van der Waals surface area contributed by atoms with Crippen molar-refractivity contribution in [2.24, 2.45) is 15.0 Å². The third-order valence-electron chi connectivity index (χ3n) is 23.8. The first-order valence-corrected chi connectivity index (χ1v) is 42.2. The first-order valence-electron chi connectivity index (χ1n) is 39.0. The van der Waals surface area contributed by atoms with Gasteiger partial charge < -0.3 is 45.9 Å². The van der Waals surface area contributed by atoms with Crippen molar-refractivity contribution < 1.29 is 0 Å². The minimum Gasteiger partial charge on any atom is -0.381 e. The third kappa shape index (κ3) is 12.2. The molecule has 0 fully saturated rings. The van der Waals surface area contributed by atoms with E-state index in [1.54, 1.807) is 0 Å². The molecule has 24 rings (SSSR count). The van der Waals surface area contributed by atoms with E-state index in [9.17, 15) is 0 Å². The number of nitrogens with zero attached hydrogens (tertiary/aromatic N) is 3. The first kappa shape index (κ1) is 70.1. The number of para-hydroxylation sites is 2. The van der Waals surface area contributed by atoms with Crippen molar-refractivity contribution in [3.63, 3.8) is 0 Å². The zero-order chi connectivity index (χ0) is 77.4. The molecule has 0 saturated heterocycles. The molecule has 0 amide bonds. The second-order valence-corrected chi connectivity index (χ2v) is 34.2. The molecule has 9 N–H and O–H groups in total. The van der Waals surface area contributed by atoms with Gasteiger partial charge in [-0.15, -0.1) is 0 Å². The summed E-state index contributed by atoms with van der Waals surface area (Å²) >= 11 is 14.5. The number of nitrogens with one attached hydrogen (secondary N) is 9. The van der Waals surface area contributed by atoms with Crippen LogP contribution in [0.1, 0.15) is 55.8 Å². The summed E-state index contributed by atoms with van der Waals surface area (Å²) in [6.07, 6.45) is 12.9. The van der Waals surface area contributed by atoms with Gasteiger partial charge in [-0.2, -0.15) is 0 Å². The van der Waals surface area contributed by atoms with Crippen molar-refractivity contribution in [3.05, 3.63) is 353 Å². The van der Waals surface area contributed by atoms with Gasteiger partial charge in [-0.25, -0.2) is 0 Å². The zero-order valence-corrected chi connectivity index (χ0v) is 69.0. The molecule has 21 aromatic rings. The van der Waals surface area contributed by atoms with Gasteiger partial charge in [-0.1, -0.05) is 191 Å². The summed E-state index contributed by atoms with van der Waals surface area (Å²) in [4.78, 5) is 36.4. The van der Waals surface area contributed by atoms with Gasteiger partial charge in [0.25, 0.3) is 0 Å². The van der Waals surface area contributed by atoms with Crippen LogP contribution in [0.2, 0.25) is 0 Å². The van der Waals surface area contributed by atoms with Crippen molar-refractivity contribution >= 4 is 245 Å². The molecule has 0 saturated carbocycles. The van der Waals surface area contributed by atoms with Crippen LogP contribution in [0.25, 0.3) is 130 Å². The van der Waals surface area contributed by atoms with Gasteiger partial charge in [0.15, 0.2) is 0 Å². The van der Waals surface area contributed by atoms with E-state index in [4.69, 9.17) is 15.0 Å². The number of aromatic nitrogens is 6. The van der Waals surface area contributed by atoms with Gasteiger partial charge in [0, 0.05) is 209 Å². The van der Waals surface area contributed by atoms with E-state index < -0.39 is 0 Å². The summed E-state index contributed by atoms with van der Waals surface area (Å²) in [5.41, 5.74) is 29.3. The molecule has 558 valence electrons. The predicted molar refractivity (Wildman–Crippen MR) is 501 cm³/mol. The van der Waals surface area contributed by atoms with Gasteiger partial charge in [0.05, 0.1) is 34.2 Å². The molecular weight excluding hydrogens is 1690 g/mol. The number of aliphatic imine (C=N–C) groups is 3. The Hall–Kier alpha value is -12.6. The Bertz CT molecular complexity index is 7790. The number of anilines is 3. The average molecular weight is 1760 g/mol. The van der Waals surface area contributed by atoms with Crippen molar-refractivity contribution in [3.8, 4) is 0 Å². The number of hydrogen-bond acceptors (Lipinski definition) is 6. The van der Waals surface area contributed by atoms with Crippen LogP contribution in [0, 0.1) is 6.92 Å².